The van der Waals surface area contributed by atoms with Gasteiger partial charge < -0.3 is 0 Å². The van der Waals surface area contributed by atoms with Crippen molar-refractivity contribution in [2.24, 2.45) is 0 Å². The maximum absolute atomic E-state index is 12.1. The third kappa shape index (κ3) is 2.22. The summed E-state index contributed by atoms with van der Waals surface area (Å²) in [4.78, 5) is 41.5. The van der Waals surface area contributed by atoms with Crippen LogP contribution in [0.3, 0.4) is 0 Å². The minimum atomic E-state index is -0.464. The van der Waals surface area contributed by atoms with Gasteiger partial charge in [-0.1, -0.05) is 11.6 Å². The lowest BCUT2D eigenvalue weighted by Gasteiger charge is -2.18. The van der Waals surface area contributed by atoms with Gasteiger partial charge in [0.05, 0.1) is 18.2 Å². The lowest BCUT2D eigenvalue weighted by atomic mass is 10.1. The van der Waals surface area contributed by atoms with Crippen LogP contribution in [0.2, 0.25) is 0 Å². The predicted molar refractivity (Wildman–Crippen MR) is 66.3 cm³/mol. The minimum absolute atomic E-state index is 0.324. The number of carbonyl (C=O) groups excluding carboxylic acids is 3. The molecule has 6 heteroatoms. The highest BCUT2D eigenvalue weighted by atomic mass is 16.7. The van der Waals surface area contributed by atoms with Crippen molar-refractivity contribution in [2.75, 3.05) is 20.7 Å². The fraction of sp³-hybridized carbons (Fsp3) is 0.308. The summed E-state index contributed by atoms with van der Waals surface area (Å²) in [6.45, 7) is 1.51. The summed E-state index contributed by atoms with van der Waals surface area (Å²) in [5, 5.41) is 0.981. The fourth-order valence-corrected chi connectivity index (χ4v) is 1.88. The second-order valence-electron chi connectivity index (χ2n) is 4.32. The lowest BCUT2D eigenvalue weighted by molar-refractivity contribution is -0.168. The van der Waals surface area contributed by atoms with Crippen LogP contribution in [0.25, 0.3) is 0 Å². The molecule has 0 saturated carbocycles. The highest BCUT2D eigenvalue weighted by Crippen LogP contribution is 2.23. The van der Waals surface area contributed by atoms with Crippen LogP contribution in [0, 0.1) is 6.92 Å². The standard InChI is InChI=1S/C13H14N2O4/c1-8-4-5-9-10(6-8)13(18)15(12(9)17)7-11(16)14(2)19-3/h4-6H,7H2,1-3H3. The number of hydrogen-bond acceptors (Lipinski definition) is 4. The van der Waals surface area contributed by atoms with Gasteiger partial charge in [-0.3, -0.25) is 24.1 Å². The molecule has 0 unspecified atom stereocenters. The van der Waals surface area contributed by atoms with E-state index < -0.39 is 17.7 Å². The molecule has 1 aliphatic rings. The number of amides is 3. The van der Waals surface area contributed by atoms with Crippen molar-refractivity contribution in [2.45, 2.75) is 6.92 Å². The smallest absolute Gasteiger partial charge is 0.266 e. The van der Waals surface area contributed by atoms with Crippen molar-refractivity contribution in [1.29, 1.82) is 0 Å². The van der Waals surface area contributed by atoms with Crippen LogP contribution in [0.1, 0.15) is 26.3 Å². The third-order valence-electron chi connectivity index (χ3n) is 3.04. The molecule has 3 amide bonds. The van der Waals surface area contributed by atoms with Crippen LogP contribution in [0.4, 0.5) is 0 Å². The van der Waals surface area contributed by atoms with E-state index in [4.69, 9.17) is 4.84 Å². The summed E-state index contributed by atoms with van der Waals surface area (Å²) in [6.07, 6.45) is 0. The number of likely N-dealkylation sites (N-methyl/N-ethyl adjacent to an activating group) is 1. The number of nitrogens with zero attached hydrogens (tertiary/aromatic N) is 2. The number of benzene rings is 1. The van der Waals surface area contributed by atoms with Crippen LogP contribution in [0.5, 0.6) is 0 Å². The first kappa shape index (κ1) is 13.2. The molecule has 0 N–H and O–H groups in total. The maximum atomic E-state index is 12.1. The molecule has 100 valence electrons. The van der Waals surface area contributed by atoms with Gasteiger partial charge in [-0.25, -0.2) is 5.06 Å². The molecule has 1 aromatic carbocycles. The van der Waals surface area contributed by atoms with Crippen LogP contribution in [-0.4, -0.2) is 48.4 Å². The van der Waals surface area contributed by atoms with Crippen LogP contribution in [0.15, 0.2) is 18.2 Å². The van der Waals surface area contributed by atoms with Gasteiger partial charge in [0.2, 0.25) is 0 Å². The molecule has 1 aromatic rings. The molecule has 1 heterocycles. The van der Waals surface area contributed by atoms with E-state index in [2.05, 4.69) is 0 Å². The van der Waals surface area contributed by atoms with E-state index in [0.29, 0.717) is 11.1 Å². The van der Waals surface area contributed by atoms with Crippen LogP contribution in [-0.2, 0) is 9.63 Å². The fourth-order valence-electron chi connectivity index (χ4n) is 1.88. The highest BCUT2D eigenvalue weighted by molar-refractivity contribution is 6.22. The molecule has 0 atom stereocenters. The Labute approximate surface area is 110 Å². The van der Waals surface area contributed by atoms with Gasteiger partial charge in [-0.15, -0.1) is 0 Å². The minimum Gasteiger partial charge on any atom is -0.275 e. The van der Waals surface area contributed by atoms with Crippen molar-refractivity contribution < 1.29 is 19.2 Å². The van der Waals surface area contributed by atoms with Crippen molar-refractivity contribution >= 4 is 17.7 Å². The number of hydrogen-bond donors (Lipinski definition) is 0. The Bertz CT molecular complexity index is 568. The Hall–Kier alpha value is -2.21. The van der Waals surface area contributed by atoms with Crippen molar-refractivity contribution in [1.82, 2.24) is 9.96 Å². The quantitative estimate of drug-likeness (QED) is 0.591. The Morgan fingerprint density at radius 1 is 1.26 bits per heavy atom. The molecule has 0 radical (unpaired) electrons. The molecule has 1 aliphatic heterocycles. The van der Waals surface area contributed by atoms with Gasteiger partial charge in [0.1, 0.15) is 6.54 Å². The van der Waals surface area contributed by atoms with Crippen LogP contribution < -0.4 is 0 Å². The van der Waals surface area contributed by atoms with Gasteiger partial charge in [0, 0.05) is 7.05 Å². The normalized spacial score (nSPS) is 13.7. The van der Waals surface area contributed by atoms with E-state index in [-0.39, 0.29) is 6.54 Å². The summed E-state index contributed by atoms with van der Waals surface area (Å²) in [5.74, 6) is -1.35. The number of fused-ring (bicyclic) bond motifs is 1. The summed E-state index contributed by atoms with van der Waals surface area (Å²) < 4.78 is 0. The zero-order valence-electron chi connectivity index (χ0n) is 11.0. The molecule has 6 nitrogen and oxygen atoms in total. The van der Waals surface area contributed by atoms with Gasteiger partial charge in [0.15, 0.2) is 0 Å². The highest BCUT2D eigenvalue weighted by Gasteiger charge is 2.37. The molecular formula is C13H14N2O4. The maximum Gasteiger partial charge on any atom is 0.266 e. The molecule has 0 aliphatic carbocycles. The van der Waals surface area contributed by atoms with E-state index >= 15 is 0 Å². The largest absolute Gasteiger partial charge is 0.275 e. The Balaban J connectivity index is 2.25. The van der Waals surface area contributed by atoms with E-state index in [0.717, 1.165) is 15.5 Å². The number of imide groups is 1. The molecular weight excluding hydrogens is 248 g/mol. The summed E-state index contributed by atoms with van der Waals surface area (Å²) >= 11 is 0. The van der Waals surface area contributed by atoms with Crippen LogP contribution >= 0.6 is 0 Å². The second kappa shape index (κ2) is 4.81. The number of carbonyl (C=O) groups is 3. The van der Waals surface area contributed by atoms with E-state index in [1.54, 1.807) is 18.2 Å². The Morgan fingerprint density at radius 2 is 1.89 bits per heavy atom. The second-order valence-corrected chi connectivity index (χ2v) is 4.32. The number of hydroxylamine groups is 2. The van der Waals surface area contributed by atoms with E-state index in [1.165, 1.54) is 14.2 Å². The molecule has 0 fully saturated rings. The molecule has 0 aromatic heterocycles. The SMILES string of the molecule is CON(C)C(=O)CN1C(=O)c2ccc(C)cc2C1=O. The van der Waals surface area contributed by atoms with Crippen molar-refractivity contribution in [3.05, 3.63) is 34.9 Å². The van der Waals surface area contributed by atoms with Crippen molar-refractivity contribution in [3.8, 4) is 0 Å². The summed E-state index contributed by atoms with van der Waals surface area (Å²) in [7, 11) is 2.76. The third-order valence-corrected chi connectivity index (χ3v) is 3.04. The van der Waals surface area contributed by atoms with Gasteiger partial charge >= 0.3 is 0 Å². The Morgan fingerprint density at radius 3 is 2.53 bits per heavy atom. The zero-order chi connectivity index (χ0) is 14.2. The lowest BCUT2D eigenvalue weighted by Crippen LogP contribution is -2.40. The molecule has 0 saturated heterocycles. The zero-order valence-corrected chi connectivity index (χ0v) is 11.0. The molecule has 19 heavy (non-hydrogen) atoms. The van der Waals surface area contributed by atoms with E-state index in [9.17, 15) is 14.4 Å². The molecule has 2 rings (SSSR count). The number of aryl methyl sites for hydroxylation is 1. The van der Waals surface area contributed by atoms with E-state index in [1.807, 2.05) is 6.92 Å². The first-order valence-electron chi connectivity index (χ1n) is 5.73. The first-order valence-corrected chi connectivity index (χ1v) is 5.73. The molecule has 0 bridgehead atoms. The van der Waals surface area contributed by atoms with Gasteiger partial charge in [-0.05, 0) is 19.1 Å². The first-order chi connectivity index (χ1) is 8.95. The summed E-state index contributed by atoms with van der Waals surface area (Å²) in [5.41, 5.74) is 1.57. The topological polar surface area (TPSA) is 66.9 Å². The average molecular weight is 262 g/mol. The average Bonchev–Trinajstić information content (AvgIpc) is 2.62. The van der Waals surface area contributed by atoms with Gasteiger partial charge in [-0.2, -0.15) is 0 Å². The monoisotopic (exact) mass is 262 g/mol. The molecule has 0 spiro atoms. The van der Waals surface area contributed by atoms with Crippen molar-refractivity contribution in [3.63, 3.8) is 0 Å². The number of rotatable bonds is 3. The predicted octanol–water partition coefficient (Wildman–Crippen LogP) is 0.611. The Kier molecular flexibility index (Phi) is 3.35. The summed E-state index contributed by atoms with van der Waals surface area (Å²) in [6, 6.07) is 5.02. The van der Waals surface area contributed by atoms with Gasteiger partial charge in [0.25, 0.3) is 17.7 Å².